The van der Waals surface area contributed by atoms with Crippen LogP contribution in [-0.4, -0.2) is 16.0 Å². The highest BCUT2D eigenvalue weighted by atomic mass is 19.4. The first-order valence-electron chi connectivity index (χ1n) is 5.82. The summed E-state index contributed by atoms with van der Waals surface area (Å²) in [5.41, 5.74) is -0.131. The Morgan fingerprint density at radius 1 is 1.10 bits per heavy atom. The normalized spacial score (nSPS) is 11.4. The Morgan fingerprint density at radius 2 is 1.70 bits per heavy atom. The minimum absolute atomic E-state index is 0.0855. The summed E-state index contributed by atoms with van der Waals surface area (Å²) in [6.07, 6.45) is -4.64. The molecule has 1 heterocycles. The maximum Gasteiger partial charge on any atom is 0.418 e. The van der Waals surface area contributed by atoms with Crippen LogP contribution in [0.4, 0.5) is 13.2 Å². The molecule has 0 saturated heterocycles. The average Bonchev–Trinajstić information content (AvgIpc) is 2.38. The van der Waals surface area contributed by atoms with E-state index in [0.29, 0.717) is 5.56 Å². The number of nitrogens with zero attached hydrogens (tertiary/aromatic N) is 2. The van der Waals surface area contributed by atoms with Gasteiger partial charge in [0.25, 0.3) is 0 Å². The Kier molecular flexibility index (Phi) is 3.57. The number of halogens is 3. The summed E-state index contributed by atoms with van der Waals surface area (Å²) in [4.78, 5) is 11.2. The minimum Gasteiger partial charge on any atom is -0.293 e. The van der Waals surface area contributed by atoms with Crippen molar-refractivity contribution in [3.05, 3.63) is 47.2 Å². The fourth-order valence-corrected chi connectivity index (χ4v) is 1.73. The molecule has 3 nitrogen and oxygen atoms in total. The number of benzene rings is 1. The third-order valence-corrected chi connectivity index (χ3v) is 2.78. The largest absolute Gasteiger partial charge is 0.418 e. The number of hydrogen-bond donors (Lipinski definition) is 0. The Morgan fingerprint density at radius 3 is 2.20 bits per heavy atom. The van der Waals surface area contributed by atoms with E-state index >= 15 is 0 Å². The van der Waals surface area contributed by atoms with E-state index in [1.165, 1.54) is 0 Å². The Hall–Kier alpha value is -2.24. The number of Topliss-reactive ketones (excluding diaryl/α,β-unsaturated/α-hetero) is 1. The minimum atomic E-state index is -4.64. The molecule has 0 N–H and O–H groups in total. The van der Waals surface area contributed by atoms with Crippen molar-refractivity contribution in [2.45, 2.75) is 20.0 Å². The molecule has 0 aliphatic rings. The van der Waals surface area contributed by atoms with Crippen molar-refractivity contribution in [1.29, 1.82) is 0 Å². The number of aromatic nitrogens is 2. The first-order valence-corrected chi connectivity index (χ1v) is 5.82. The van der Waals surface area contributed by atoms with Crippen LogP contribution in [0.3, 0.4) is 0 Å². The van der Waals surface area contributed by atoms with Crippen LogP contribution in [0.15, 0.2) is 30.3 Å². The molecule has 104 valence electrons. The van der Waals surface area contributed by atoms with Crippen LogP contribution in [0, 0.1) is 6.92 Å². The number of carbonyl (C=O) groups is 1. The molecule has 0 bridgehead atoms. The summed E-state index contributed by atoms with van der Waals surface area (Å²) in [7, 11) is 0. The maximum absolute atomic E-state index is 12.9. The van der Waals surface area contributed by atoms with Crippen LogP contribution in [-0.2, 0) is 6.18 Å². The highest BCUT2D eigenvalue weighted by molar-refractivity contribution is 5.93. The summed E-state index contributed by atoms with van der Waals surface area (Å²) in [6.45, 7) is 2.90. The third-order valence-electron chi connectivity index (χ3n) is 2.78. The van der Waals surface area contributed by atoms with E-state index in [-0.39, 0.29) is 5.69 Å². The van der Waals surface area contributed by atoms with Crippen molar-refractivity contribution in [1.82, 2.24) is 10.2 Å². The molecule has 0 aliphatic heterocycles. The van der Waals surface area contributed by atoms with E-state index in [1.54, 1.807) is 24.3 Å². The number of hydrogen-bond acceptors (Lipinski definition) is 3. The summed E-state index contributed by atoms with van der Waals surface area (Å²) in [5.74, 6) is -0.764. The molecule has 0 atom stereocenters. The smallest absolute Gasteiger partial charge is 0.293 e. The molecule has 0 unspecified atom stereocenters. The molecule has 0 fully saturated rings. The van der Waals surface area contributed by atoms with Crippen LogP contribution >= 0.6 is 0 Å². The number of ketones is 1. The predicted molar refractivity (Wildman–Crippen MR) is 67.2 cm³/mol. The standard InChI is InChI=1S/C14H11F3N2O/c1-8-3-5-10(6-4-8)12-7-11(14(15,16)17)13(9(2)20)19-18-12/h3-7H,1-2H3. The van der Waals surface area contributed by atoms with Crippen molar-refractivity contribution in [2.75, 3.05) is 0 Å². The van der Waals surface area contributed by atoms with Crippen LogP contribution < -0.4 is 0 Å². The molecule has 6 heteroatoms. The lowest BCUT2D eigenvalue weighted by Crippen LogP contribution is -2.15. The molecular formula is C14H11F3N2O. The van der Waals surface area contributed by atoms with Crippen LogP contribution in [0.25, 0.3) is 11.3 Å². The first kappa shape index (κ1) is 14.2. The van der Waals surface area contributed by atoms with Gasteiger partial charge in [-0.05, 0) is 13.0 Å². The van der Waals surface area contributed by atoms with E-state index < -0.39 is 23.2 Å². The molecule has 0 aliphatic carbocycles. The Bertz CT molecular complexity index is 648. The van der Waals surface area contributed by atoms with Gasteiger partial charge in [0.05, 0.1) is 11.3 Å². The summed E-state index contributed by atoms with van der Waals surface area (Å²) in [5, 5.41) is 7.13. The fraction of sp³-hybridized carbons (Fsp3) is 0.214. The molecule has 0 radical (unpaired) electrons. The average molecular weight is 280 g/mol. The zero-order valence-electron chi connectivity index (χ0n) is 10.8. The monoisotopic (exact) mass is 280 g/mol. The van der Waals surface area contributed by atoms with E-state index in [1.807, 2.05) is 6.92 Å². The van der Waals surface area contributed by atoms with Crippen molar-refractivity contribution in [2.24, 2.45) is 0 Å². The number of alkyl halides is 3. The Labute approximate surface area is 113 Å². The molecular weight excluding hydrogens is 269 g/mol. The van der Waals surface area contributed by atoms with Gasteiger partial charge in [-0.2, -0.15) is 13.2 Å². The van der Waals surface area contributed by atoms with Crippen molar-refractivity contribution < 1.29 is 18.0 Å². The van der Waals surface area contributed by atoms with Crippen molar-refractivity contribution in [3.8, 4) is 11.3 Å². The van der Waals surface area contributed by atoms with Gasteiger partial charge in [0, 0.05) is 12.5 Å². The van der Waals surface area contributed by atoms with Gasteiger partial charge < -0.3 is 0 Å². The number of carbonyl (C=O) groups excluding carboxylic acids is 1. The second kappa shape index (κ2) is 5.03. The lowest BCUT2D eigenvalue weighted by atomic mass is 10.1. The molecule has 1 aromatic carbocycles. The van der Waals surface area contributed by atoms with Gasteiger partial charge in [0.15, 0.2) is 5.78 Å². The van der Waals surface area contributed by atoms with Gasteiger partial charge in [-0.3, -0.25) is 4.79 Å². The van der Waals surface area contributed by atoms with Gasteiger partial charge in [0.1, 0.15) is 5.69 Å². The van der Waals surface area contributed by atoms with Crippen molar-refractivity contribution >= 4 is 5.78 Å². The molecule has 0 amide bonds. The topological polar surface area (TPSA) is 42.9 Å². The first-order chi connectivity index (χ1) is 9.29. The molecule has 0 saturated carbocycles. The van der Waals surface area contributed by atoms with Gasteiger partial charge in [-0.15, -0.1) is 10.2 Å². The Balaban J connectivity index is 2.58. The quantitative estimate of drug-likeness (QED) is 0.788. The lowest BCUT2D eigenvalue weighted by molar-refractivity contribution is -0.138. The summed E-state index contributed by atoms with van der Waals surface area (Å²) < 4.78 is 38.8. The highest BCUT2D eigenvalue weighted by Gasteiger charge is 2.36. The number of aryl methyl sites for hydroxylation is 1. The van der Waals surface area contributed by atoms with E-state index in [2.05, 4.69) is 10.2 Å². The molecule has 1 aromatic heterocycles. The van der Waals surface area contributed by atoms with E-state index in [0.717, 1.165) is 18.6 Å². The molecule has 0 spiro atoms. The van der Waals surface area contributed by atoms with Gasteiger partial charge in [0.2, 0.25) is 0 Å². The molecule has 20 heavy (non-hydrogen) atoms. The lowest BCUT2D eigenvalue weighted by Gasteiger charge is -2.11. The van der Waals surface area contributed by atoms with E-state index in [9.17, 15) is 18.0 Å². The summed E-state index contributed by atoms with van der Waals surface area (Å²) in [6, 6.07) is 7.71. The molecule has 2 aromatic rings. The SMILES string of the molecule is CC(=O)c1nnc(-c2ccc(C)cc2)cc1C(F)(F)F. The second-order valence-electron chi connectivity index (χ2n) is 4.41. The predicted octanol–water partition coefficient (Wildman–Crippen LogP) is 3.67. The fourth-order valence-electron chi connectivity index (χ4n) is 1.73. The highest BCUT2D eigenvalue weighted by Crippen LogP contribution is 2.33. The zero-order chi connectivity index (χ0) is 14.9. The zero-order valence-corrected chi connectivity index (χ0v) is 10.8. The summed E-state index contributed by atoms with van der Waals surface area (Å²) >= 11 is 0. The second-order valence-corrected chi connectivity index (χ2v) is 4.41. The van der Waals surface area contributed by atoms with Crippen LogP contribution in [0.1, 0.15) is 28.5 Å². The third kappa shape index (κ3) is 2.84. The van der Waals surface area contributed by atoms with Gasteiger partial charge >= 0.3 is 6.18 Å². The van der Waals surface area contributed by atoms with Crippen molar-refractivity contribution in [3.63, 3.8) is 0 Å². The number of rotatable bonds is 2. The molecule has 2 rings (SSSR count). The van der Waals surface area contributed by atoms with Gasteiger partial charge in [-0.1, -0.05) is 29.8 Å². The maximum atomic E-state index is 12.9. The van der Waals surface area contributed by atoms with Gasteiger partial charge in [-0.25, -0.2) is 0 Å². The van der Waals surface area contributed by atoms with Crippen LogP contribution in [0.2, 0.25) is 0 Å². The van der Waals surface area contributed by atoms with Crippen LogP contribution in [0.5, 0.6) is 0 Å². The van der Waals surface area contributed by atoms with E-state index in [4.69, 9.17) is 0 Å².